The molecular formula is C23H20N4O4S2. The van der Waals surface area contributed by atoms with Gasteiger partial charge in [0, 0.05) is 12.1 Å². The van der Waals surface area contributed by atoms with Crippen molar-refractivity contribution in [2.45, 2.75) is 11.3 Å². The second-order valence-corrected chi connectivity index (χ2v) is 9.31. The Morgan fingerprint density at radius 3 is 2.33 bits per heavy atom. The van der Waals surface area contributed by atoms with Crippen molar-refractivity contribution in [1.29, 1.82) is 0 Å². The monoisotopic (exact) mass is 480 g/mol. The van der Waals surface area contributed by atoms with E-state index in [2.05, 4.69) is 10.3 Å². The Morgan fingerprint density at radius 1 is 1.00 bits per heavy atom. The molecule has 168 valence electrons. The summed E-state index contributed by atoms with van der Waals surface area (Å²) in [6, 6.07) is 19.9. The van der Waals surface area contributed by atoms with E-state index in [1.165, 1.54) is 16.7 Å². The van der Waals surface area contributed by atoms with Gasteiger partial charge >= 0.3 is 0 Å². The summed E-state index contributed by atoms with van der Waals surface area (Å²) >= 11 is 5.35. The number of primary sulfonamides is 1. The number of hydrogen-bond acceptors (Lipinski definition) is 5. The zero-order valence-corrected chi connectivity index (χ0v) is 18.9. The molecule has 0 saturated heterocycles. The number of nitrogens with two attached hydrogens (primary N) is 1. The van der Waals surface area contributed by atoms with Crippen LogP contribution in [0.4, 0.5) is 0 Å². The fourth-order valence-corrected chi connectivity index (χ4v) is 4.24. The minimum atomic E-state index is -3.73. The Morgan fingerprint density at radius 2 is 1.67 bits per heavy atom. The highest BCUT2D eigenvalue weighted by Crippen LogP contribution is 2.13. The maximum Gasteiger partial charge on any atom is 0.266 e. The van der Waals surface area contributed by atoms with Crippen molar-refractivity contribution in [3.05, 3.63) is 99.0 Å². The standard InChI is InChI=1S/C23H20N4O4S2/c24-33(30,31)18-11-5-15(6-12-18)13-14-25-21(28)16-7-9-17(10-8-16)27-22(29)19-3-1-2-4-20(19)26-23(27)32/h1-12H,13-14H2,(H,25,28)(H,26,32)(H2,24,30,31). The van der Waals surface area contributed by atoms with Gasteiger partial charge in [-0.2, -0.15) is 0 Å². The van der Waals surface area contributed by atoms with Crippen LogP contribution in [0.2, 0.25) is 0 Å². The van der Waals surface area contributed by atoms with Crippen LogP contribution in [0.1, 0.15) is 15.9 Å². The van der Waals surface area contributed by atoms with Crippen LogP contribution < -0.4 is 16.0 Å². The lowest BCUT2D eigenvalue weighted by molar-refractivity contribution is 0.0954. The maximum absolute atomic E-state index is 12.9. The first-order chi connectivity index (χ1) is 15.7. The van der Waals surface area contributed by atoms with E-state index in [0.29, 0.717) is 35.1 Å². The molecule has 1 heterocycles. The Bertz CT molecular complexity index is 1560. The fourth-order valence-electron chi connectivity index (χ4n) is 3.43. The van der Waals surface area contributed by atoms with Gasteiger partial charge in [0.1, 0.15) is 0 Å². The third-order valence-corrected chi connectivity index (χ3v) is 6.36. The summed E-state index contributed by atoms with van der Waals surface area (Å²) in [5.74, 6) is -0.265. The highest BCUT2D eigenvalue weighted by atomic mass is 32.2. The zero-order chi connectivity index (χ0) is 23.6. The molecule has 1 aromatic heterocycles. The van der Waals surface area contributed by atoms with Crippen LogP contribution in [-0.4, -0.2) is 30.4 Å². The van der Waals surface area contributed by atoms with E-state index in [1.807, 2.05) is 6.07 Å². The number of rotatable bonds is 6. The number of para-hydroxylation sites is 1. The summed E-state index contributed by atoms with van der Waals surface area (Å²) in [6.07, 6.45) is 0.524. The number of amides is 1. The van der Waals surface area contributed by atoms with Crippen molar-refractivity contribution in [1.82, 2.24) is 14.9 Å². The molecule has 0 radical (unpaired) electrons. The number of aromatic nitrogens is 2. The zero-order valence-electron chi connectivity index (χ0n) is 17.3. The van der Waals surface area contributed by atoms with Crippen LogP contribution >= 0.6 is 12.2 Å². The molecule has 0 saturated carbocycles. The Labute approximate surface area is 194 Å². The first-order valence-corrected chi connectivity index (χ1v) is 11.9. The molecular weight excluding hydrogens is 460 g/mol. The Kier molecular flexibility index (Phi) is 6.23. The van der Waals surface area contributed by atoms with Gasteiger partial charge in [-0.25, -0.2) is 13.6 Å². The van der Waals surface area contributed by atoms with E-state index in [1.54, 1.807) is 54.6 Å². The van der Waals surface area contributed by atoms with Gasteiger partial charge in [0.2, 0.25) is 10.0 Å². The number of nitrogens with one attached hydrogen (secondary N) is 2. The number of carbonyl (C=O) groups excluding carboxylic acids is 1. The maximum atomic E-state index is 12.9. The van der Waals surface area contributed by atoms with Gasteiger partial charge in [-0.1, -0.05) is 24.3 Å². The van der Waals surface area contributed by atoms with Crippen LogP contribution in [0, 0.1) is 4.77 Å². The van der Waals surface area contributed by atoms with Crippen molar-refractivity contribution in [3.8, 4) is 5.69 Å². The van der Waals surface area contributed by atoms with E-state index < -0.39 is 10.0 Å². The molecule has 0 spiro atoms. The summed E-state index contributed by atoms with van der Waals surface area (Å²) in [6.45, 7) is 0.366. The second kappa shape index (κ2) is 9.10. The number of nitrogens with zero attached hydrogens (tertiary/aromatic N) is 1. The first kappa shape index (κ1) is 22.6. The summed E-state index contributed by atoms with van der Waals surface area (Å²) < 4.78 is 24.3. The summed E-state index contributed by atoms with van der Waals surface area (Å²) in [5, 5.41) is 8.43. The number of aromatic amines is 1. The van der Waals surface area contributed by atoms with Gasteiger partial charge < -0.3 is 10.3 Å². The molecule has 0 atom stereocenters. The smallest absolute Gasteiger partial charge is 0.266 e. The van der Waals surface area contributed by atoms with Crippen molar-refractivity contribution < 1.29 is 13.2 Å². The molecule has 0 aliphatic rings. The largest absolute Gasteiger partial charge is 0.352 e. The third-order valence-electron chi connectivity index (χ3n) is 5.14. The second-order valence-electron chi connectivity index (χ2n) is 7.36. The molecule has 0 aliphatic carbocycles. The average molecular weight is 481 g/mol. The van der Waals surface area contributed by atoms with E-state index in [4.69, 9.17) is 17.4 Å². The molecule has 4 rings (SSSR count). The number of benzene rings is 3. The Balaban J connectivity index is 1.44. The molecule has 0 unspecified atom stereocenters. The molecule has 0 fully saturated rings. The van der Waals surface area contributed by atoms with Crippen LogP contribution in [0.5, 0.6) is 0 Å². The normalized spacial score (nSPS) is 11.4. The van der Waals surface area contributed by atoms with Gasteiger partial charge in [0.15, 0.2) is 4.77 Å². The lowest BCUT2D eigenvalue weighted by Gasteiger charge is -2.10. The van der Waals surface area contributed by atoms with Gasteiger partial charge in [0.25, 0.3) is 11.5 Å². The number of carbonyl (C=O) groups is 1. The predicted octanol–water partition coefficient (Wildman–Crippen LogP) is 2.67. The number of fused-ring (bicyclic) bond motifs is 1. The molecule has 8 nitrogen and oxygen atoms in total. The molecule has 33 heavy (non-hydrogen) atoms. The molecule has 1 amide bonds. The number of hydrogen-bond donors (Lipinski definition) is 3. The molecule has 0 aliphatic heterocycles. The van der Waals surface area contributed by atoms with Crippen LogP contribution in [0.15, 0.2) is 82.5 Å². The average Bonchev–Trinajstić information content (AvgIpc) is 2.79. The number of sulfonamides is 1. The van der Waals surface area contributed by atoms with Crippen LogP contribution in [0.3, 0.4) is 0 Å². The van der Waals surface area contributed by atoms with Gasteiger partial charge in [-0.15, -0.1) is 0 Å². The van der Waals surface area contributed by atoms with Crippen molar-refractivity contribution in [2.24, 2.45) is 5.14 Å². The lowest BCUT2D eigenvalue weighted by Crippen LogP contribution is -2.26. The van der Waals surface area contributed by atoms with Crippen molar-refractivity contribution >= 4 is 39.1 Å². The highest BCUT2D eigenvalue weighted by molar-refractivity contribution is 7.89. The predicted molar refractivity (Wildman–Crippen MR) is 129 cm³/mol. The van der Waals surface area contributed by atoms with E-state index in [9.17, 15) is 18.0 Å². The quantitative estimate of drug-likeness (QED) is 0.366. The van der Waals surface area contributed by atoms with Crippen molar-refractivity contribution in [2.75, 3.05) is 6.54 Å². The first-order valence-electron chi connectivity index (χ1n) is 9.98. The molecule has 10 heteroatoms. The fraction of sp³-hybridized carbons (Fsp3) is 0.0870. The van der Waals surface area contributed by atoms with E-state index in [0.717, 1.165) is 5.56 Å². The molecule has 4 aromatic rings. The molecule has 0 bridgehead atoms. The summed E-state index contributed by atoms with van der Waals surface area (Å²) in [4.78, 5) is 28.4. The van der Waals surface area contributed by atoms with Crippen LogP contribution in [0.25, 0.3) is 16.6 Å². The lowest BCUT2D eigenvalue weighted by atomic mass is 10.1. The van der Waals surface area contributed by atoms with Gasteiger partial charge in [-0.3, -0.25) is 14.2 Å². The van der Waals surface area contributed by atoms with E-state index in [-0.39, 0.29) is 21.1 Å². The highest BCUT2D eigenvalue weighted by Gasteiger charge is 2.10. The molecule has 3 aromatic carbocycles. The minimum Gasteiger partial charge on any atom is -0.352 e. The van der Waals surface area contributed by atoms with Crippen molar-refractivity contribution in [3.63, 3.8) is 0 Å². The van der Waals surface area contributed by atoms with Gasteiger partial charge in [-0.05, 0) is 72.7 Å². The summed E-state index contributed by atoms with van der Waals surface area (Å²) in [5.41, 5.74) is 2.28. The van der Waals surface area contributed by atoms with Gasteiger partial charge in [0.05, 0.1) is 21.5 Å². The molecule has 4 N–H and O–H groups in total. The van der Waals surface area contributed by atoms with E-state index >= 15 is 0 Å². The SMILES string of the molecule is NS(=O)(=O)c1ccc(CCNC(=O)c2ccc(-n3c(=S)[nH]c4ccccc4c3=O)cc2)cc1. The topological polar surface area (TPSA) is 127 Å². The summed E-state index contributed by atoms with van der Waals surface area (Å²) in [7, 11) is -3.73. The Hall–Kier alpha value is -3.60. The van der Waals surface area contributed by atoms with Crippen LogP contribution in [-0.2, 0) is 16.4 Å². The minimum absolute atomic E-state index is 0.0423. The number of H-pyrrole nitrogens is 1. The third kappa shape index (κ3) is 4.92.